The second kappa shape index (κ2) is 8.75. The third kappa shape index (κ3) is 5.01. The van der Waals surface area contributed by atoms with Gasteiger partial charge < -0.3 is 19.5 Å². The lowest BCUT2D eigenvalue weighted by atomic mass is 9.97. The number of hydrogen-bond acceptors (Lipinski definition) is 6. The molecule has 1 amide bonds. The largest absolute Gasteiger partial charge is 0.481 e. The van der Waals surface area contributed by atoms with Gasteiger partial charge in [-0.2, -0.15) is 4.98 Å². The van der Waals surface area contributed by atoms with Crippen molar-refractivity contribution in [2.75, 3.05) is 26.2 Å². The molecule has 1 saturated heterocycles. The van der Waals surface area contributed by atoms with Crippen LogP contribution in [0.5, 0.6) is 5.75 Å². The summed E-state index contributed by atoms with van der Waals surface area (Å²) in [4.78, 5) is 18.1. The Kier molecular flexibility index (Phi) is 6.17. The van der Waals surface area contributed by atoms with Gasteiger partial charge in [0.25, 0.3) is 5.91 Å². The standard InChI is InChI=1S/C18H23FN4O3/c1-13-21-17(26-22-13)11-20-10-14-6-8-23(9-7-14)18(24)12-25-16-5-3-2-4-15(16)19/h2-5,14,20H,6-12H2,1H3. The van der Waals surface area contributed by atoms with Gasteiger partial charge in [-0.25, -0.2) is 4.39 Å². The lowest BCUT2D eigenvalue weighted by Gasteiger charge is -2.32. The zero-order chi connectivity index (χ0) is 18.4. The number of rotatable bonds is 7. The van der Waals surface area contributed by atoms with Crippen LogP contribution in [0.4, 0.5) is 4.39 Å². The Morgan fingerprint density at radius 2 is 2.15 bits per heavy atom. The van der Waals surface area contributed by atoms with Gasteiger partial charge in [0.1, 0.15) is 0 Å². The van der Waals surface area contributed by atoms with E-state index in [1.807, 2.05) is 0 Å². The van der Waals surface area contributed by atoms with E-state index in [-0.39, 0.29) is 18.3 Å². The average Bonchev–Trinajstić information content (AvgIpc) is 3.06. The van der Waals surface area contributed by atoms with Crippen molar-refractivity contribution in [1.82, 2.24) is 20.4 Å². The summed E-state index contributed by atoms with van der Waals surface area (Å²) < 4.78 is 23.9. The predicted molar refractivity (Wildman–Crippen MR) is 91.9 cm³/mol. The Hall–Kier alpha value is -2.48. The number of hydrogen-bond donors (Lipinski definition) is 1. The molecule has 1 aliphatic heterocycles. The first-order valence-corrected chi connectivity index (χ1v) is 8.77. The number of piperidine rings is 1. The van der Waals surface area contributed by atoms with Crippen LogP contribution in [-0.4, -0.2) is 47.2 Å². The molecule has 8 heteroatoms. The molecular formula is C18H23FN4O3. The second-order valence-electron chi connectivity index (χ2n) is 6.41. The maximum atomic E-state index is 13.5. The summed E-state index contributed by atoms with van der Waals surface area (Å²) in [7, 11) is 0. The van der Waals surface area contributed by atoms with Crippen LogP contribution in [0.3, 0.4) is 0 Å². The van der Waals surface area contributed by atoms with Gasteiger partial charge in [-0.1, -0.05) is 17.3 Å². The zero-order valence-electron chi connectivity index (χ0n) is 14.8. The summed E-state index contributed by atoms with van der Waals surface area (Å²) in [6, 6.07) is 6.10. The lowest BCUT2D eigenvalue weighted by Crippen LogP contribution is -2.42. The van der Waals surface area contributed by atoms with Gasteiger partial charge in [0.15, 0.2) is 24.0 Å². The topological polar surface area (TPSA) is 80.5 Å². The van der Waals surface area contributed by atoms with Crippen LogP contribution >= 0.6 is 0 Å². The number of carbonyl (C=O) groups excluding carboxylic acids is 1. The molecule has 1 aromatic heterocycles. The number of amides is 1. The molecule has 0 radical (unpaired) electrons. The monoisotopic (exact) mass is 362 g/mol. The van der Waals surface area contributed by atoms with Crippen molar-refractivity contribution in [3.8, 4) is 5.75 Å². The van der Waals surface area contributed by atoms with E-state index in [4.69, 9.17) is 9.26 Å². The highest BCUT2D eigenvalue weighted by molar-refractivity contribution is 5.77. The molecule has 26 heavy (non-hydrogen) atoms. The highest BCUT2D eigenvalue weighted by atomic mass is 19.1. The number of benzene rings is 1. The molecule has 2 heterocycles. The predicted octanol–water partition coefficient (Wildman–Crippen LogP) is 1.92. The number of aryl methyl sites for hydroxylation is 1. The average molecular weight is 362 g/mol. The maximum Gasteiger partial charge on any atom is 0.260 e. The molecular weight excluding hydrogens is 339 g/mol. The number of ether oxygens (including phenoxy) is 1. The molecule has 0 saturated carbocycles. The van der Waals surface area contributed by atoms with Gasteiger partial charge in [0.05, 0.1) is 6.54 Å². The van der Waals surface area contributed by atoms with E-state index in [1.165, 1.54) is 12.1 Å². The number of para-hydroxylation sites is 1. The number of nitrogens with zero attached hydrogens (tertiary/aromatic N) is 3. The van der Waals surface area contributed by atoms with E-state index in [1.54, 1.807) is 24.0 Å². The molecule has 2 aromatic rings. The van der Waals surface area contributed by atoms with Crippen LogP contribution in [0, 0.1) is 18.7 Å². The Morgan fingerprint density at radius 3 is 2.85 bits per heavy atom. The Bertz CT molecular complexity index is 729. The number of likely N-dealkylation sites (tertiary alicyclic amines) is 1. The summed E-state index contributed by atoms with van der Waals surface area (Å²) in [6.45, 7) is 4.42. The fourth-order valence-electron chi connectivity index (χ4n) is 2.97. The number of nitrogens with one attached hydrogen (secondary N) is 1. The molecule has 3 rings (SSSR count). The fraction of sp³-hybridized carbons (Fsp3) is 0.500. The van der Waals surface area contributed by atoms with E-state index in [0.29, 0.717) is 37.3 Å². The van der Waals surface area contributed by atoms with Crippen molar-refractivity contribution in [2.24, 2.45) is 5.92 Å². The van der Waals surface area contributed by atoms with Gasteiger partial charge >= 0.3 is 0 Å². The van der Waals surface area contributed by atoms with E-state index >= 15 is 0 Å². The van der Waals surface area contributed by atoms with Crippen LogP contribution in [0.15, 0.2) is 28.8 Å². The molecule has 140 valence electrons. The molecule has 0 spiro atoms. The summed E-state index contributed by atoms with van der Waals surface area (Å²) in [5.41, 5.74) is 0. The van der Waals surface area contributed by atoms with Crippen molar-refractivity contribution in [2.45, 2.75) is 26.3 Å². The SMILES string of the molecule is Cc1noc(CNCC2CCN(C(=O)COc3ccccc3F)CC2)n1. The first kappa shape index (κ1) is 18.3. The van der Waals surface area contributed by atoms with Crippen LogP contribution < -0.4 is 10.1 Å². The van der Waals surface area contributed by atoms with Crippen LogP contribution in [-0.2, 0) is 11.3 Å². The first-order chi connectivity index (χ1) is 12.6. The molecule has 7 nitrogen and oxygen atoms in total. The van der Waals surface area contributed by atoms with Crippen molar-refractivity contribution >= 4 is 5.91 Å². The van der Waals surface area contributed by atoms with Crippen molar-refractivity contribution < 1.29 is 18.4 Å². The van der Waals surface area contributed by atoms with Crippen molar-refractivity contribution in [3.63, 3.8) is 0 Å². The number of aromatic nitrogens is 2. The Balaban J connectivity index is 1.35. The third-order valence-corrected chi connectivity index (χ3v) is 4.43. The first-order valence-electron chi connectivity index (χ1n) is 8.77. The van der Waals surface area contributed by atoms with Crippen LogP contribution in [0.2, 0.25) is 0 Å². The molecule has 1 fully saturated rings. The van der Waals surface area contributed by atoms with Crippen molar-refractivity contribution in [1.29, 1.82) is 0 Å². The van der Waals surface area contributed by atoms with E-state index in [9.17, 15) is 9.18 Å². The molecule has 1 N–H and O–H groups in total. The summed E-state index contributed by atoms with van der Waals surface area (Å²) in [5.74, 6) is 1.25. The number of halogens is 1. The molecule has 0 bridgehead atoms. The number of carbonyl (C=O) groups is 1. The smallest absolute Gasteiger partial charge is 0.260 e. The zero-order valence-corrected chi connectivity index (χ0v) is 14.8. The minimum atomic E-state index is -0.457. The van der Waals surface area contributed by atoms with Crippen molar-refractivity contribution in [3.05, 3.63) is 41.8 Å². The molecule has 0 unspecified atom stereocenters. The van der Waals surface area contributed by atoms with E-state index in [0.717, 1.165) is 19.4 Å². The minimum absolute atomic E-state index is 0.108. The van der Waals surface area contributed by atoms with Gasteiger partial charge in [0.2, 0.25) is 5.89 Å². The van der Waals surface area contributed by atoms with E-state index in [2.05, 4.69) is 15.5 Å². The minimum Gasteiger partial charge on any atom is -0.481 e. The Morgan fingerprint density at radius 1 is 1.38 bits per heavy atom. The second-order valence-corrected chi connectivity index (χ2v) is 6.41. The normalized spacial score (nSPS) is 15.2. The molecule has 0 aliphatic carbocycles. The quantitative estimate of drug-likeness (QED) is 0.811. The van der Waals surface area contributed by atoms with Gasteiger partial charge in [-0.3, -0.25) is 4.79 Å². The highest BCUT2D eigenvalue weighted by Crippen LogP contribution is 2.18. The summed E-state index contributed by atoms with van der Waals surface area (Å²) in [6.07, 6.45) is 1.84. The highest BCUT2D eigenvalue weighted by Gasteiger charge is 2.23. The van der Waals surface area contributed by atoms with Gasteiger partial charge in [0, 0.05) is 13.1 Å². The maximum absolute atomic E-state index is 13.5. The molecule has 1 aromatic carbocycles. The summed E-state index contributed by atoms with van der Waals surface area (Å²) >= 11 is 0. The third-order valence-electron chi connectivity index (χ3n) is 4.43. The fourth-order valence-corrected chi connectivity index (χ4v) is 2.97. The molecule has 1 aliphatic rings. The van der Waals surface area contributed by atoms with E-state index < -0.39 is 5.82 Å². The molecule has 0 atom stereocenters. The van der Waals surface area contributed by atoms with Crippen LogP contribution in [0.1, 0.15) is 24.6 Å². The summed E-state index contributed by atoms with van der Waals surface area (Å²) in [5, 5.41) is 7.07. The van der Waals surface area contributed by atoms with Crippen LogP contribution in [0.25, 0.3) is 0 Å². The van der Waals surface area contributed by atoms with Gasteiger partial charge in [-0.15, -0.1) is 0 Å². The lowest BCUT2D eigenvalue weighted by molar-refractivity contribution is -0.134. The van der Waals surface area contributed by atoms with Gasteiger partial charge in [-0.05, 0) is 44.4 Å². The Labute approximate surface area is 151 Å².